The van der Waals surface area contributed by atoms with Crippen LogP contribution in [-0.2, 0) is 4.79 Å². The van der Waals surface area contributed by atoms with Gasteiger partial charge >= 0.3 is 12.0 Å². The lowest BCUT2D eigenvalue weighted by molar-refractivity contribution is -0.140. The van der Waals surface area contributed by atoms with Crippen LogP contribution in [0, 0.1) is 11.8 Å². The Morgan fingerprint density at radius 3 is 2.42 bits per heavy atom. The normalized spacial score (nSPS) is 25.1. The molecule has 0 radical (unpaired) electrons. The standard InChI is InChI=1S/C13H24N2O4/c1-4-8(2)11(12(17)18)14-13(19)15(3)7-9-5-10(16)6-9/h8-11,16H,4-7H2,1-3H3,(H,14,19)(H,17,18). The number of aliphatic carboxylic acids is 1. The summed E-state index contributed by atoms with van der Waals surface area (Å²) in [5, 5.41) is 20.9. The van der Waals surface area contributed by atoms with Gasteiger partial charge in [0.2, 0.25) is 0 Å². The monoisotopic (exact) mass is 272 g/mol. The molecule has 0 aromatic carbocycles. The van der Waals surface area contributed by atoms with E-state index in [0.29, 0.717) is 31.7 Å². The van der Waals surface area contributed by atoms with Crippen LogP contribution in [0.1, 0.15) is 33.1 Å². The molecule has 2 unspecified atom stereocenters. The highest BCUT2D eigenvalue weighted by atomic mass is 16.4. The molecular weight excluding hydrogens is 248 g/mol. The van der Waals surface area contributed by atoms with Gasteiger partial charge in [-0.1, -0.05) is 20.3 Å². The van der Waals surface area contributed by atoms with E-state index in [-0.39, 0.29) is 18.1 Å². The van der Waals surface area contributed by atoms with Crippen molar-refractivity contribution in [1.82, 2.24) is 10.2 Å². The van der Waals surface area contributed by atoms with Crippen LogP contribution < -0.4 is 5.32 Å². The second-order valence-corrected chi connectivity index (χ2v) is 5.52. The fourth-order valence-electron chi connectivity index (χ4n) is 2.25. The Labute approximate surface area is 113 Å². The number of amides is 2. The van der Waals surface area contributed by atoms with E-state index in [1.54, 1.807) is 14.0 Å². The summed E-state index contributed by atoms with van der Waals surface area (Å²) < 4.78 is 0. The number of rotatable bonds is 6. The maximum atomic E-state index is 11.9. The molecule has 1 saturated carbocycles. The summed E-state index contributed by atoms with van der Waals surface area (Å²) in [5.74, 6) is -0.798. The number of hydrogen-bond acceptors (Lipinski definition) is 3. The molecule has 19 heavy (non-hydrogen) atoms. The summed E-state index contributed by atoms with van der Waals surface area (Å²) in [6, 6.07) is -1.22. The number of hydrogen-bond donors (Lipinski definition) is 3. The van der Waals surface area contributed by atoms with Crippen LogP contribution in [0.25, 0.3) is 0 Å². The molecule has 1 rings (SSSR count). The van der Waals surface area contributed by atoms with Gasteiger partial charge in [-0.05, 0) is 24.7 Å². The van der Waals surface area contributed by atoms with E-state index < -0.39 is 12.0 Å². The molecule has 2 amide bonds. The Bertz CT molecular complexity index is 329. The molecule has 110 valence electrons. The predicted molar refractivity (Wildman–Crippen MR) is 70.8 cm³/mol. The van der Waals surface area contributed by atoms with Gasteiger partial charge in [0.25, 0.3) is 0 Å². The van der Waals surface area contributed by atoms with Gasteiger partial charge in [0.05, 0.1) is 6.10 Å². The number of urea groups is 1. The molecule has 0 aromatic rings. The van der Waals surface area contributed by atoms with Gasteiger partial charge in [0, 0.05) is 13.6 Å². The lowest BCUT2D eigenvalue weighted by Crippen LogP contribution is -2.51. The predicted octanol–water partition coefficient (Wildman–Crippen LogP) is 0.898. The van der Waals surface area contributed by atoms with Gasteiger partial charge in [-0.3, -0.25) is 0 Å². The second-order valence-electron chi connectivity index (χ2n) is 5.52. The Kier molecular flexibility index (Phi) is 5.60. The molecule has 6 heteroatoms. The minimum Gasteiger partial charge on any atom is -0.480 e. The molecule has 0 aromatic heterocycles. The summed E-state index contributed by atoms with van der Waals surface area (Å²) in [6.45, 7) is 4.25. The third-order valence-electron chi connectivity index (χ3n) is 3.85. The topological polar surface area (TPSA) is 89.9 Å². The van der Waals surface area contributed by atoms with E-state index in [1.165, 1.54) is 4.90 Å². The lowest BCUT2D eigenvalue weighted by atomic mass is 9.82. The smallest absolute Gasteiger partial charge is 0.326 e. The first-order valence-corrected chi connectivity index (χ1v) is 6.77. The van der Waals surface area contributed by atoms with Crippen molar-refractivity contribution in [3.63, 3.8) is 0 Å². The summed E-state index contributed by atoms with van der Waals surface area (Å²) in [7, 11) is 1.65. The van der Waals surface area contributed by atoms with Crippen LogP contribution in [0.5, 0.6) is 0 Å². The molecule has 0 saturated heterocycles. The molecule has 0 spiro atoms. The molecule has 3 N–H and O–H groups in total. The van der Waals surface area contributed by atoms with Crippen molar-refractivity contribution in [2.24, 2.45) is 11.8 Å². The van der Waals surface area contributed by atoms with Gasteiger partial charge in [0.15, 0.2) is 0 Å². The fraction of sp³-hybridized carbons (Fsp3) is 0.846. The maximum absolute atomic E-state index is 11.9. The van der Waals surface area contributed by atoms with E-state index in [4.69, 9.17) is 5.11 Å². The fourth-order valence-corrected chi connectivity index (χ4v) is 2.25. The van der Waals surface area contributed by atoms with Crippen molar-refractivity contribution in [1.29, 1.82) is 0 Å². The van der Waals surface area contributed by atoms with E-state index in [0.717, 1.165) is 0 Å². The van der Waals surface area contributed by atoms with Crippen LogP contribution in [0.3, 0.4) is 0 Å². The minimum atomic E-state index is -1.00. The number of carboxylic acids is 1. The van der Waals surface area contributed by atoms with E-state index >= 15 is 0 Å². The number of carboxylic acid groups (broad SMARTS) is 1. The minimum absolute atomic E-state index is 0.111. The number of nitrogens with one attached hydrogen (secondary N) is 1. The molecule has 2 atom stereocenters. The number of aliphatic hydroxyl groups excluding tert-OH is 1. The summed E-state index contributed by atoms with van der Waals surface area (Å²) in [4.78, 5) is 24.5. The number of carbonyl (C=O) groups is 2. The average Bonchev–Trinajstić information content (AvgIpc) is 2.32. The Morgan fingerprint density at radius 1 is 1.42 bits per heavy atom. The average molecular weight is 272 g/mol. The van der Waals surface area contributed by atoms with E-state index in [1.807, 2.05) is 6.92 Å². The molecule has 0 bridgehead atoms. The highest BCUT2D eigenvalue weighted by molar-refractivity contribution is 5.82. The maximum Gasteiger partial charge on any atom is 0.326 e. The van der Waals surface area contributed by atoms with Crippen LogP contribution >= 0.6 is 0 Å². The molecule has 0 aliphatic heterocycles. The zero-order chi connectivity index (χ0) is 14.6. The largest absolute Gasteiger partial charge is 0.480 e. The third kappa shape index (κ3) is 4.38. The van der Waals surface area contributed by atoms with Crippen LogP contribution in [0.2, 0.25) is 0 Å². The SMILES string of the molecule is CCC(C)C(NC(=O)N(C)CC1CC(O)C1)C(=O)O. The van der Waals surface area contributed by atoms with Crippen molar-refractivity contribution in [2.75, 3.05) is 13.6 Å². The zero-order valence-corrected chi connectivity index (χ0v) is 11.8. The van der Waals surface area contributed by atoms with Gasteiger partial charge in [-0.2, -0.15) is 0 Å². The van der Waals surface area contributed by atoms with Gasteiger partial charge in [-0.25, -0.2) is 9.59 Å². The molecule has 1 aliphatic carbocycles. The summed E-state index contributed by atoms with van der Waals surface area (Å²) >= 11 is 0. The Morgan fingerprint density at radius 2 is 2.00 bits per heavy atom. The van der Waals surface area contributed by atoms with Crippen molar-refractivity contribution in [2.45, 2.75) is 45.3 Å². The summed E-state index contributed by atoms with van der Waals surface area (Å²) in [5.41, 5.74) is 0. The van der Waals surface area contributed by atoms with Crippen LogP contribution in [0.4, 0.5) is 4.79 Å². The first-order chi connectivity index (χ1) is 8.85. The van der Waals surface area contributed by atoms with Crippen LogP contribution in [-0.4, -0.2) is 52.9 Å². The second kappa shape index (κ2) is 6.75. The Hall–Kier alpha value is -1.30. The van der Waals surface area contributed by atoms with Crippen molar-refractivity contribution in [3.05, 3.63) is 0 Å². The van der Waals surface area contributed by atoms with Gasteiger partial charge < -0.3 is 20.4 Å². The first kappa shape index (κ1) is 15.8. The van der Waals surface area contributed by atoms with Crippen molar-refractivity contribution < 1.29 is 19.8 Å². The molecule has 1 aliphatic rings. The highest BCUT2D eigenvalue weighted by Crippen LogP contribution is 2.27. The van der Waals surface area contributed by atoms with Gasteiger partial charge in [0.1, 0.15) is 6.04 Å². The number of nitrogens with zero attached hydrogens (tertiary/aromatic N) is 1. The quantitative estimate of drug-likeness (QED) is 0.670. The lowest BCUT2D eigenvalue weighted by Gasteiger charge is -2.35. The van der Waals surface area contributed by atoms with Gasteiger partial charge in [-0.15, -0.1) is 0 Å². The number of aliphatic hydroxyl groups is 1. The molecular formula is C13H24N2O4. The van der Waals surface area contributed by atoms with E-state index in [9.17, 15) is 14.7 Å². The summed E-state index contributed by atoms with van der Waals surface area (Å²) in [6.07, 6.45) is 1.88. The molecule has 1 fully saturated rings. The Balaban J connectivity index is 2.44. The van der Waals surface area contributed by atoms with E-state index in [2.05, 4.69) is 5.32 Å². The zero-order valence-electron chi connectivity index (χ0n) is 11.8. The first-order valence-electron chi connectivity index (χ1n) is 6.77. The van der Waals surface area contributed by atoms with Crippen LogP contribution in [0.15, 0.2) is 0 Å². The molecule has 0 heterocycles. The molecule has 6 nitrogen and oxygen atoms in total. The van der Waals surface area contributed by atoms with Crippen molar-refractivity contribution in [3.8, 4) is 0 Å². The van der Waals surface area contributed by atoms with Crippen molar-refractivity contribution >= 4 is 12.0 Å². The third-order valence-corrected chi connectivity index (χ3v) is 3.85. The number of carbonyl (C=O) groups excluding carboxylic acids is 1. The highest BCUT2D eigenvalue weighted by Gasteiger charge is 2.31.